The Morgan fingerprint density at radius 2 is 1.84 bits per heavy atom. The van der Waals surface area contributed by atoms with Crippen LogP contribution >= 0.6 is 0 Å². The quantitative estimate of drug-likeness (QED) is 0.289. The zero-order valence-corrected chi connectivity index (χ0v) is 23.3. The van der Waals surface area contributed by atoms with Gasteiger partial charge in [0.15, 0.2) is 12.1 Å². The molecule has 0 bridgehead atoms. The van der Waals surface area contributed by atoms with Crippen molar-refractivity contribution in [2.24, 2.45) is 22.7 Å². The van der Waals surface area contributed by atoms with Gasteiger partial charge in [-0.15, -0.1) is 0 Å². The van der Waals surface area contributed by atoms with Gasteiger partial charge in [0.25, 0.3) is 0 Å². The molecule has 4 aliphatic carbocycles. The largest absolute Gasteiger partial charge is 0.389 e. The van der Waals surface area contributed by atoms with Crippen molar-refractivity contribution in [3.63, 3.8) is 0 Å². The highest BCUT2D eigenvalue weighted by Gasteiger charge is 2.79. The molecule has 3 heterocycles. The van der Waals surface area contributed by atoms with E-state index in [1.54, 1.807) is 5.57 Å². The standard InChI is InChI=1S/C31H48O6/c1-26(2)20-35-30(36-21-26)15-16-31-24-9-12-27(3)23(22(24)8-14-29(31,19-30)37-31)10-13-28(27,32)11-6-18-34-25-7-4-5-17-33-25/h9,22-23,25,32H,4-8,10-21H2,1-3H3/t22-,23-,25?,27+,28+,29+,31+/m0/s1. The minimum atomic E-state index is -0.611. The highest BCUT2D eigenvalue weighted by Crippen LogP contribution is 2.74. The monoisotopic (exact) mass is 516 g/mol. The lowest BCUT2D eigenvalue weighted by molar-refractivity contribution is -0.313. The molecule has 0 amide bonds. The Labute approximate surface area is 222 Å². The average Bonchev–Trinajstić information content (AvgIpc) is 3.50. The van der Waals surface area contributed by atoms with Crippen molar-refractivity contribution >= 4 is 0 Å². The number of hydrogen-bond donors (Lipinski definition) is 1. The van der Waals surface area contributed by atoms with E-state index in [4.69, 9.17) is 23.7 Å². The van der Waals surface area contributed by atoms with Gasteiger partial charge in [-0.2, -0.15) is 0 Å². The average molecular weight is 517 g/mol. The van der Waals surface area contributed by atoms with Gasteiger partial charge in [-0.05, 0) is 88.0 Å². The summed E-state index contributed by atoms with van der Waals surface area (Å²) in [5, 5.41) is 12.0. The summed E-state index contributed by atoms with van der Waals surface area (Å²) in [6.07, 6.45) is 15.6. The summed E-state index contributed by atoms with van der Waals surface area (Å²) in [4.78, 5) is 0. The number of aliphatic hydroxyl groups is 1. The SMILES string of the molecule is CC1(C)COC2(CC[C@]34O[C@]3(CC[C@@H]3C4=CC[C@]4(C)[C@H]3CC[C@]4(O)CCCOC3CCCCO3)C2)OC1. The maximum Gasteiger partial charge on any atom is 0.171 e. The van der Waals surface area contributed by atoms with Gasteiger partial charge in [0, 0.05) is 36.9 Å². The highest BCUT2D eigenvalue weighted by molar-refractivity contribution is 5.43. The molecule has 208 valence electrons. The molecule has 0 radical (unpaired) electrons. The third-order valence-electron chi connectivity index (χ3n) is 11.8. The summed E-state index contributed by atoms with van der Waals surface area (Å²) in [5.41, 5.74) is 0.776. The van der Waals surface area contributed by atoms with Gasteiger partial charge >= 0.3 is 0 Å². The lowest BCUT2D eigenvalue weighted by atomic mass is 9.52. The minimum absolute atomic E-state index is 0.0405. The number of ether oxygens (including phenoxy) is 5. The summed E-state index contributed by atoms with van der Waals surface area (Å²) < 4.78 is 31.4. The van der Waals surface area contributed by atoms with Gasteiger partial charge in [-0.3, -0.25) is 0 Å². The van der Waals surface area contributed by atoms with E-state index in [1.807, 2.05) is 0 Å². The molecule has 3 aliphatic heterocycles. The Morgan fingerprint density at radius 1 is 1.00 bits per heavy atom. The van der Waals surface area contributed by atoms with E-state index in [0.29, 0.717) is 18.4 Å². The zero-order chi connectivity index (χ0) is 25.6. The molecule has 6 fully saturated rings. The predicted molar refractivity (Wildman–Crippen MR) is 139 cm³/mol. The first kappa shape index (κ1) is 25.5. The van der Waals surface area contributed by atoms with Crippen molar-refractivity contribution < 1.29 is 28.8 Å². The molecule has 3 saturated heterocycles. The molecule has 3 saturated carbocycles. The van der Waals surface area contributed by atoms with Crippen molar-refractivity contribution in [1.82, 2.24) is 0 Å². The van der Waals surface area contributed by atoms with E-state index in [0.717, 1.165) is 96.9 Å². The Kier molecular flexibility index (Phi) is 5.85. The van der Waals surface area contributed by atoms with Crippen molar-refractivity contribution in [1.29, 1.82) is 0 Å². The van der Waals surface area contributed by atoms with Gasteiger partial charge < -0.3 is 28.8 Å². The topological polar surface area (TPSA) is 69.7 Å². The number of rotatable bonds is 5. The normalized spacial score (nSPS) is 49.4. The molecule has 7 rings (SSSR count). The number of epoxide rings is 1. The van der Waals surface area contributed by atoms with E-state index in [9.17, 15) is 5.11 Å². The molecule has 7 aliphatic rings. The minimum Gasteiger partial charge on any atom is -0.389 e. The third-order valence-corrected chi connectivity index (χ3v) is 11.8. The Bertz CT molecular complexity index is 930. The second-order valence-electron chi connectivity index (χ2n) is 14.6. The van der Waals surface area contributed by atoms with Crippen LogP contribution in [-0.4, -0.2) is 60.4 Å². The van der Waals surface area contributed by atoms with Gasteiger partial charge in [0.2, 0.25) is 0 Å². The van der Waals surface area contributed by atoms with Crippen LogP contribution in [0.5, 0.6) is 0 Å². The summed E-state index contributed by atoms with van der Waals surface area (Å²) in [6, 6.07) is 0. The predicted octanol–water partition coefficient (Wildman–Crippen LogP) is 5.66. The molecule has 7 atom stereocenters. The lowest BCUT2D eigenvalue weighted by Crippen LogP contribution is -2.57. The van der Waals surface area contributed by atoms with E-state index in [1.165, 1.54) is 6.42 Å². The Balaban J connectivity index is 1.03. The molecule has 0 aromatic heterocycles. The third kappa shape index (κ3) is 3.79. The Morgan fingerprint density at radius 3 is 2.62 bits per heavy atom. The van der Waals surface area contributed by atoms with E-state index < -0.39 is 11.4 Å². The molecule has 6 nitrogen and oxygen atoms in total. The van der Waals surface area contributed by atoms with Crippen LogP contribution in [0.4, 0.5) is 0 Å². The molecule has 1 N–H and O–H groups in total. The molecule has 37 heavy (non-hydrogen) atoms. The number of fused-ring (bicyclic) bond motifs is 3. The second-order valence-corrected chi connectivity index (χ2v) is 14.6. The van der Waals surface area contributed by atoms with Crippen molar-refractivity contribution in [2.75, 3.05) is 26.4 Å². The van der Waals surface area contributed by atoms with Crippen LogP contribution in [0.15, 0.2) is 11.6 Å². The number of allylic oxidation sites excluding steroid dienone is 1. The van der Waals surface area contributed by atoms with E-state index in [-0.39, 0.29) is 28.3 Å². The van der Waals surface area contributed by atoms with Gasteiger partial charge in [0.1, 0.15) is 11.2 Å². The second kappa shape index (κ2) is 8.50. The Hall–Kier alpha value is -0.500. The van der Waals surface area contributed by atoms with Gasteiger partial charge in [-0.25, -0.2) is 0 Å². The highest BCUT2D eigenvalue weighted by atomic mass is 16.7. The summed E-state index contributed by atoms with van der Waals surface area (Å²) >= 11 is 0. The molecular formula is C31H48O6. The fraction of sp³-hybridized carbons (Fsp3) is 0.935. The first-order valence-electron chi connectivity index (χ1n) is 15.3. The van der Waals surface area contributed by atoms with Gasteiger partial charge in [-0.1, -0.05) is 26.8 Å². The first-order chi connectivity index (χ1) is 17.6. The van der Waals surface area contributed by atoms with Crippen LogP contribution in [0, 0.1) is 22.7 Å². The van der Waals surface area contributed by atoms with Crippen LogP contribution in [0.2, 0.25) is 0 Å². The van der Waals surface area contributed by atoms with Crippen LogP contribution in [-0.2, 0) is 23.7 Å². The lowest BCUT2D eigenvalue weighted by Gasteiger charge is -2.53. The maximum absolute atomic E-state index is 12.0. The van der Waals surface area contributed by atoms with Crippen molar-refractivity contribution in [2.45, 2.75) is 133 Å². The molecule has 0 aromatic carbocycles. The summed E-state index contributed by atoms with van der Waals surface area (Å²) in [6.45, 7) is 9.83. The van der Waals surface area contributed by atoms with Crippen LogP contribution in [0.25, 0.3) is 0 Å². The fourth-order valence-corrected chi connectivity index (χ4v) is 9.51. The molecular weight excluding hydrogens is 468 g/mol. The summed E-state index contributed by atoms with van der Waals surface area (Å²) in [5.74, 6) is 0.622. The number of hydrogen-bond acceptors (Lipinski definition) is 6. The maximum atomic E-state index is 12.0. The molecule has 1 unspecified atom stereocenters. The molecule has 6 heteroatoms. The zero-order valence-electron chi connectivity index (χ0n) is 23.3. The smallest absolute Gasteiger partial charge is 0.171 e. The van der Waals surface area contributed by atoms with Crippen LogP contribution in [0.3, 0.4) is 0 Å². The van der Waals surface area contributed by atoms with Crippen molar-refractivity contribution in [3.8, 4) is 0 Å². The fourth-order valence-electron chi connectivity index (χ4n) is 9.51. The van der Waals surface area contributed by atoms with Gasteiger partial charge in [0.05, 0.1) is 18.8 Å². The van der Waals surface area contributed by atoms with Crippen LogP contribution in [0.1, 0.15) is 104 Å². The van der Waals surface area contributed by atoms with E-state index >= 15 is 0 Å². The first-order valence-corrected chi connectivity index (χ1v) is 15.3. The van der Waals surface area contributed by atoms with Crippen LogP contribution < -0.4 is 0 Å². The molecule has 1 spiro atoms. The molecule has 0 aromatic rings. The summed E-state index contributed by atoms with van der Waals surface area (Å²) in [7, 11) is 0. The van der Waals surface area contributed by atoms with Crippen molar-refractivity contribution in [3.05, 3.63) is 11.6 Å². The van der Waals surface area contributed by atoms with E-state index in [2.05, 4.69) is 26.8 Å².